The highest BCUT2D eigenvalue weighted by Gasteiger charge is 2.50. The minimum absolute atomic E-state index is 0.0177. The van der Waals surface area contributed by atoms with Crippen LogP contribution in [0.5, 0.6) is 34.5 Å². The van der Waals surface area contributed by atoms with Crippen molar-refractivity contribution in [3.63, 3.8) is 0 Å². The van der Waals surface area contributed by atoms with E-state index in [1.807, 2.05) is 18.2 Å². The second kappa shape index (κ2) is 9.44. The summed E-state index contributed by atoms with van der Waals surface area (Å²) in [4.78, 5) is 30.2. The lowest BCUT2D eigenvalue weighted by Crippen LogP contribution is -2.32. The number of carbonyl (C=O) groups is 2. The number of carbonyl (C=O) groups excluding carboxylic acids is 2. The lowest BCUT2D eigenvalue weighted by Gasteiger charge is -2.34. The Balaban J connectivity index is 1.54. The zero-order valence-corrected chi connectivity index (χ0v) is 21.0. The first-order chi connectivity index (χ1) is 18.5. The van der Waals surface area contributed by atoms with Gasteiger partial charge in [0.1, 0.15) is 5.69 Å². The molecule has 3 atom stereocenters. The highest BCUT2D eigenvalue weighted by atomic mass is 16.7. The quantitative estimate of drug-likeness (QED) is 0.354. The maximum absolute atomic E-state index is 13.1. The molecule has 3 heterocycles. The van der Waals surface area contributed by atoms with E-state index in [2.05, 4.69) is 4.98 Å². The fourth-order valence-corrected chi connectivity index (χ4v) is 5.59. The van der Waals surface area contributed by atoms with Gasteiger partial charge >= 0.3 is 11.9 Å². The number of cyclic esters (lactones) is 1. The number of esters is 2. The maximum Gasteiger partial charge on any atom is 0.362 e. The van der Waals surface area contributed by atoms with Crippen molar-refractivity contribution < 1.29 is 42.7 Å². The summed E-state index contributed by atoms with van der Waals surface area (Å²) in [6, 6.07) is 10.5. The molecule has 0 N–H and O–H groups in total. The van der Waals surface area contributed by atoms with Crippen LogP contribution in [0.2, 0.25) is 0 Å². The Bertz CT molecular complexity index is 1400. The largest absolute Gasteiger partial charge is 0.493 e. The molecule has 2 aromatic carbocycles. The van der Waals surface area contributed by atoms with Crippen LogP contribution in [0.15, 0.2) is 42.6 Å². The fourth-order valence-electron chi connectivity index (χ4n) is 5.59. The van der Waals surface area contributed by atoms with E-state index in [0.29, 0.717) is 35.2 Å². The van der Waals surface area contributed by atoms with Crippen molar-refractivity contribution in [1.82, 2.24) is 4.98 Å². The van der Waals surface area contributed by atoms with Crippen molar-refractivity contribution in [2.24, 2.45) is 11.8 Å². The van der Waals surface area contributed by atoms with Gasteiger partial charge in [0.25, 0.3) is 0 Å². The summed E-state index contributed by atoms with van der Waals surface area (Å²) in [7, 11) is 4.61. The van der Waals surface area contributed by atoms with Crippen LogP contribution < -0.4 is 28.4 Å². The first-order valence-electron chi connectivity index (χ1n) is 12.1. The monoisotopic (exact) mass is 519 g/mol. The average Bonchev–Trinajstić information content (AvgIpc) is 3.58. The molecule has 3 aliphatic rings. The molecule has 2 aliphatic heterocycles. The van der Waals surface area contributed by atoms with Gasteiger partial charge in [-0.3, -0.25) is 4.79 Å². The van der Waals surface area contributed by atoms with Gasteiger partial charge in [-0.2, -0.15) is 0 Å². The molecule has 1 fully saturated rings. The summed E-state index contributed by atoms with van der Waals surface area (Å²) in [5.74, 6) is 0.406. The molecule has 196 valence electrons. The van der Waals surface area contributed by atoms with Crippen LogP contribution in [0.25, 0.3) is 0 Å². The number of aromatic nitrogens is 1. The Hall–Kier alpha value is -4.47. The number of pyridine rings is 1. The lowest BCUT2D eigenvalue weighted by molar-refractivity contribution is -0.141. The van der Waals surface area contributed by atoms with Crippen LogP contribution in [0.1, 0.15) is 33.1 Å². The molecule has 0 spiro atoms. The normalized spacial score (nSPS) is 20.7. The van der Waals surface area contributed by atoms with Crippen LogP contribution in [0.3, 0.4) is 0 Å². The van der Waals surface area contributed by atoms with E-state index in [1.165, 1.54) is 27.5 Å². The molecule has 10 nitrogen and oxygen atoms in total. The Morgan fingerprint density at radius 1 is 0.974 bits per heavy atom. The van der Waals surface area contributed by atoms with Gasteiger partial charge in [0.15, 0.2) is 23.0 Å². The van der Waals surface area contributed by atoms with Crippen molar-refractivity contribution >= 4 is 11.9 Å². The number of hydrogen-bond acceptors (Lipinski definition) is 10. The van der Waals surface area contributed by atoms with Gasteiger partial charge in [-0.1, -0.05) is 6.07 Å². The van der Waals surface area contributed by atoms with Crippen molar-refractivity contribution in [2.45, 2.75) is 12.3 Å². The van der Waals surface area contributed by atoms with Gasteiger partial charge < -0.3 is 33.2 Å². The smallest absolute Gasteiger partial charge is 0.362 e. The van der Waals surface area contributed by atoms with Gasteiger partial charge in [0.2, 0.25) is 18.3 Å². The molecule has 10 heteroatoms. The minimum Gasteiger partial charge on any atom is -0.493 e. The third-order valence-corrected chi connectivity index (χ3v) is 7.25. The highest BCUT2D eigenvalue weighted by molar-refractivity contribution is 5.90. The fraction of sp³-hybridized carbons (Fsp3) is 0.321. The van der Waals surface area contributed by atoms with E-state index in [-0.39, 0.29) is 36.7 Å². The second-order valence-corrected chi connectivity index (χ2v) is 9.17. The molecule has 6 rings (SSSR count). The average molecular weight is 520 g/mol. The van der Waals surface area contributed by atoms with E-state index in [0.717, 1.165) is 16.7 Å². The number of methoxy groups -OCH3 is 3. The standard InChI is InChI=1S/C28H25NO9/c1-32-19-9-14(10-20(33-2)25(19)34-3)22-16-11-21-26(37-13-36-21)24(38-27(30)18-6-4-5-7-29-18)17(16)8-15-12-35-28(31)23(15)22/h4-7,9-11,15,22-23H,8,12-13H2,1-3H3/t15-,22-,23+/m1/s1. The molecular weight excluding hydrogens is 494 g/mol. The molecule has 3 aromatic rings. The van der Waals surface area contributed by atoms with Crippen LogP contribution in [0, 0.1) is 11.8 Å². The van der Waals surface area contributed by atoms with Crippen LogP contribution in [0.4, 0.5) is 0 Å². The predicted molar refractivity (Wildman–Crippen MR) is 131 cm³/mol. The van der Waals surface area contributed by atoms with Gasteiger partial charge in [0.05, 0.1) is 33.9 Å². The molecule has 1 aliphatic carbocycles. The van der Waals surface area contributed by atoms with E-state index in [1.54, 1.807) is 18.2 Å². The highest BCUT2D eigenvalue weighted by Crippen LogP contribution is 2.56. The Morgan fingerprint density at radius 3 is 2.45 bits per heavy atom. The molecule has 0 radical (unpaired) electrons. The Labute approximate surface area is 218 Å². The van der Waals surface area contributed by atoms with Gasteiger partial charge in [-0.25, -0.2) is 9.78 Å². The van der Waals surface area contributed by atoms with Crippen molar-refractivity contribution in [2.75, 3.05) is 34.7 Å². The number of benzene rings is 2. The third-order valence-electron chi connectivity index (χ3n) is 7.25. The van der Waals surface area contributed by atoms with Crippen LogP contribution in [-0.4, -0.2) is 51.7 Å². The molecule has 0 saturated carbocycles. The first-order valence-corrected chi connectivity index (χ1v) is 12.1. The van der Waals surface area contributed by atoms with Crippen LogP contribution >= 0.6 is 0 Å². The van der Waals surface area contributed by atoms with Gasteiger partial charge in [-0.15, -0.1) is 0 Å². The minimum atomic E-state index is -0.623. The summed E-state index contributed by atoms with van der Waals surface area (Å²) in [5.41, 5.74) is 2.44. The van der Waals surface area contributed by atoms with Crippen molar-refractivity contribution in [3.8, 4) is 34.5 Å². The van der Waals surface area contributed by atoms with Gasteiger partial charge in [0, 0.05) is 23.6 Å². The SMILES string of the molecule is COc1cc([C@@H]2c3cc4c(c(OC(=O)c5ccccn5)c3C[C@@H]3COC(=O)[C@@H]32)OCO4)cc(OC)c1OC. The molecular formula is C28H25NO9. The zero-order valence-electron chi connectivity index (χ0n) is 21.0. The molecule has 0 bridgehead atoms. The summed E-state index contributed by atoms with van der Waals surface area (Å²) in [6.45, 7) is 0.238. The maximum atomic E-state index is 13.1. The molecule has 1 aromatic heterocycles. The molecule has 0 unspecified atom stereocenters. The van der Waals surface area contributed by atoms with Crippen LogP contribution in [-0.2, 0) is 16.0 Å². The number of ether oxygens (including phenoxy) is 7. The summed E-state index contributed by atoms with van der Waals surface area (Å²) < 4.78 is 39.6. The Morgan fingerprint density at radius 2 is 1.76 bits per heavy atom. The van der Waals surface area contributed by atoms with Crippen molar-refractivity contribution in [3.05, 3.63) is 65.0 Å². The summed E-state index contributed by atoms with van der Waals surface area (Å²) in [6.07, 6.45) is 1.97. The van der Waals surface area contributed by atoms with Gasteiger partial charge in [-0.05, 0) is 47.9 Å². The third kappa shape index (κ3) is 3.75. The number of nitrogens with zero attached hydrogens (tertiary/aromatic N) is 1. The van der Waals surface area contributed by atoms with E-state index >= 15 is 0 Å². The second-order valence-electron chi connectivity index (χ2n) is 9.17. The van der Waals surface area contributed by atoms with Crippen molar-refractivity contribution in [1.29, 1.82) is 0 Å². The number of hydrogen-bond donors (Lipinski definition) is 0. The lowest BCUT2D eigenvalue weighted by atomic mass is 9.67. The van der Waals surface area contributed by atoms with E-state index in [9.17, 15) is 9.59 Å². The molecule has 38 heavy (non-hydrogen) atoms. The van der Waals surface area contributed by atoms with E-state index in [4.69, 9.17) is 33.2 Å². The molecule has 1 saturated heterocycles. The summed E-state index contributed by atoms with van der Waals surface area (Å²) in [5, 5.41) is 0. The number of fused-ring (bicyclic) bond motifs is 3. The Kier molecular flexibility index (Phi) is 5.94. The zero-order chi connectivity index (χ0) is 26.4. The molecule has 0 amide bonds. The first kappa shape index (κ1) is 23.9. The topological polar surface area (TPSA) is 112 Å². The summed E-state index contributed by atoms with van der Waals surface area (Å²) >= 11 is 0. The number of rotatable bonds is 6. The van der Waals surface area contributed by atoms with E-state index < -0.39 is 17.8 Å². The predicted octanol–water partition coefficient (Wildman–Crippen LogP) is 3.53.